The molecule has 0 saturated heterocycles. The van der Waals surface area contributed by atoms with Crippen LogP contribution in [0.25, 0.3) is 56.0 Å². The first kappa shape index (κ1) is 48.6. The third-order valence-corrected chi connectivity index (χ3v) is 70.5. The predicted molar refractivity (Wildman–Crippen MR) is 299 cm³/mol. The van der Waals surface area contributed by atoms with Crippen LogP contribution in [0.3, 0.4) is 0 Å². The summed E-state index contributed by atoms with van der Waals surface area (Å²) in [6.45, 7) is 10.2. The van der Waals surface area contributed by atoms with Crippen molar-refractivity contribution in [1.82, 2.24) is 0 Å². The maximum absolute atomic E-state index is 9.48. The van der Waals surface area contributed by atoms with Gasteiger partial charge in [0.2, 0.25) is 0 Å². The molecular formula is C64H77Cl2SiZr. The number of halogens is 2. The van der Waals surface area contributed by atoms with Crippen LogP contribution < -0.4 is 0 Å². The van der Waals surface area contributed by atoms with Gasteiger partial charge in [-0.05, 0) is 0 Å². The van der Waals surface area contributed by atoms with Crippen molar-refractivity contribution in [2.45, 2.75) is 163 Å². The summed E-state index contributed by atoms with van der Waals surface area (Å²) in [5.41, 5.74) is 14.6. The fraction of sp³-hybridized carbons (Fsp3) is 0.438. The van der Waals surface area contributed by atoms with Crippen molar-refractivity contribution in [3.05, 3.63) is 155 Å². The zero-order valence-electron chi connectivity index (χ0n) is 41.8. The van der Waals surface area contributed by atoms with Crippen LogP contribution in [0.5, 0.6) is 0 Å². The van der Waals surface area contributed by atoms with Crippen LogP contribution in [0, 0.1) is 10.8 Å². The van der Waals surface area contributed by atoms with Crippen molar-refractivity contribution < 1.29 is 15.6 Å². The number of allylic oxidation sites excluding steroid dienone is 2. The summed E-state index contributed by atoms with van der Waals surface area (Å²) in [5.74, 6) is -1.83. The molecule has 4 aliphatic rings. The summed E-state index contributed by atoms with van der Waals surface area (Å²) in [6.07, 6.45) is 31.5. The summed E-state index contributed by atoms with van der Waals surface area (Å²) in [7, 11) is 19.0. The Bertz CT molecular complexity index is 2640. The molecule has 0 nitrogen and oxygen atoms in total. The van der Waals surface area contributed by atoms with Gasteiger partial charge in [-0.25, -0.2) is 0 Å². The van der Waals surface area contributed by atoms with Crippen LogP contribution in [0.4, 0.5) is 0 Å². The standard InChI is InChI=1S/2C31H35.C2H7Si.2ClH.Zr/c2*1-2-31(18-9-5-3-4-6-10-19-31)23-24-20-27-14-11-15-29(30(27)21-24)28-17-16-25-12-7-8-13-26(25)22-28;1-3-2;;;/h2*7-8,11-17,20-22H,2-6,9-10,18-19,23H2,1H3;3H,1-2H3;2*1H;/q;;;;;+2/p-2. The molecule has 2 fully saturated rings. The topological polar surface area (TPSA) is 0 Å². The van der Waals surface area contributed by atoms with Crippen molar-refractivity contribution >= 4 is 56.6 Å². The molecule has 355 valence electrons. The summed E-state index contributed by atoms with van der Waals surface area (Å²) < 4.78 is 0.138. The molecule has 0 aliphatic heterocycles. The Kier molecular flexibility index (Phi) is 14.5. The summed E-state index contributed by atoms with van der Waals surface area (Å²) in [4.78, 5) is 0. The SMILES string of the molecule is CCC1(CC2=Cc3c(-c4ccc5ccccc5c4)cccc3[CH]2[Zr]([Cl])([Cl])([CH]2C(CC3(CC)CCCCCCCC3)=Cc3c(-c4ccc5ccccc5c4)cccc32)[SiH](C)C)CCCCCCCC1. The van der Waals surface area contributed by atoms with Crippen LogP contribution in [-0.4, -0.2) is 5.92 Å². The van der Waals surface area contributed by atoms with Crippen LogP contribution in [0.2, 0.25) is 13.1 Å². The Morgan fingerprint density at radius 1 is 0.456 bits per heavy atom. The number of hydrogen-bond acceptors (Lipinski definition) is 0. The van der Waals surface area contributed by atoms with Gasteiger partial charge >= 0.3 is 423 Å². The van der Waals surface area contributed by atoms with Crippen LogP contribution in [-0.2, 0) is 15.6 Å². The predicted octanol–water partition coefficient (Wildman–Crippen LogP) is 20.7. The average Bonchev–Trinajstić information content (AvgIpc) is 3.99. The van der Waals surface area contributed by atoms with E-state index in [1.807, 2.05) is 0 Å². The minimum absolute atomic E-state index is 0.0692. The molecule has 10 rings (SSSR count). The Balaban J connectivity index is 1.19. The molecule has 2 atom stereocenters. The first-order chi connectivity index (χ1) is 33.0. The van der Waals surface area contributed by atoms with Crippen LogP contribution in [0.15, 0.2) is 132 Å². The second kappa shape index (κ2) is 20.2. The van der Waals surface area contributed by atoms with Gasteiger partial charge in [0.25, 0.3) is 0 Å². The van der Waals surface area contributed by atoms with E-state index < -0.39 is 21.5 Å². The normalized spacial score (nSPS) is 21.5. The van der Waals surface area contributed by atoms with Gasteiger partial charge in [-0.2, -0.15) is 0 Å². The van der Waals surface area contributed by atoms with Crippen molar-refractivity contribution in [3.8, 4) is 22.3 Å². The van der Waals surface area contributed by atoms with Crippen LogP contribution >= 0.6 is 17.0 Å². The molecule has 68 heavy (non-hydrogen) atoms. The first-order valence-electron chi connectivity index (χ1n) is 27.3. The third-order valence-electron chi connectivity index (χ3n) is 18.6. The van der Waals surface area contributed by atoms with E-state index in [-0.39, 0.29) is 18.1 Å². The summed E-state index contributed by atoms with van der Waals surface area (Å²) >= 11 is -5.25. The quantitative estimate of drug-likeness (QED) is 0.113. The molecule has 6 aromatic rings. The molecular weight excluding hydrogens is 959 g/mol. The number of hydrogen-bond donors (Lipinski definition) is 0. The van der Waals surface area contributed by atoms with Crippen molar-refractivity contribution in [3.63, 3.8) is 0 Å². The molecule has 0 radical (unpaired) electrons. The van der Waals surface area contributed by atoms with E-state index in [1.165, 1.54) is 182 Å². The number of rotatable bonds is 11. The van der Waals surface area contributed by atoms with Gasteiger partial charge in [0, 0.05) is 0 Å². The Morgan fingerprint density at radius 2 is 0.824 bits per heavy atom. The minimum atomic E-state index is -5.25. The molecule has 4 heteroatoms. The Morgan fingerprint density at radius 3 is 1.19 bits per heavy atom. The second-order valence-corrected chi connectivity index (χ2v) is 65.2. The van der Waals surface area contributed by atoms with E-state index in [0.717, 1.165) is 12.8 Å². The zero-order chi connectivity index (χ0) is 47.0. The van der Waals surface area contributed by atoms with Gasteiger partial charge < -0.3 is 0 Å². The molecule has 0 heterocycles. The van der Waals surface area contributed by atoms with E-state index >= 15 is 0 Å². The monoisotopic (exact) mass is 1030 g/mol. The van der Waals surface area contributed by atoms with Crippen molar-refractivity contribution in [1.29, 1.82) is 0 Å². The number of benzene rings is 6. The van der Waals surface area contributed by atoms with E-state index in [1.54, 1.807) is 11.1 Å². The third kappa shape index (κ3) is 9.11. The summed E-state index contributed by atoms with van der Waals surface area (Å²) in [5, 5.41) is 5.16. The maximum atomic E-state index is 9.48. The fourth-order valence-corrected chi connectivity index (χ4v) is 45.7. The van der Waals surface area contributed by atoms with E-state index in [9.17, 15) is 17.0 Å². The molecule has 0 N–H and O–H groups in total. The van der Waals surface area contributed by atoms with Gasteiger partial charge in [0.05, 0.1) is 0 Å². The van der Waals surface area contributed by atoms with Gasteiger partial charge in [0.15, 0.2) is 0 Å². The fourth-order valence-electron chi connectivity index (χ4n) is 14.4. The van der Waals surface area contributed by atoms with Gasteiger partial charge in [-0.15, -0.1) is 0 Å². The first-order valence-corrected chi connectivity index (χ1v) is 43.6. The molecule has 0 aromatic heterocycles. The Hall–Kier alpha value is -3.00. The molecule has 2 saturated carbocycles. The molecule has 0 bridgehead atoms. The van der Waals surface area contributed by atoms with Gasteiger partial charge in [-0.1, -0.05) is 0 Å². The van der Waals surface area contributed by atoms with Crippen molar-refractivity contribution in [2.75, 3.05) is 0 Å². The van der Waals surface area contributed by atoms with E-state index in [2.05, 4.69) is 160 Å². The van der Waals surface area contributed by atoms with Gasteiger partial charge in [0.1, 0.15) is 0 Å². The van der Waals surface area contributed by atoms with Crippen LogP contribution in [0.1, 0.15) is 172 Å². The zero-order valence-corrected chi connectivity index (χ0v) is 47.0. The molecule has 0 amide bonds. The second-order valence-electron chi connectivity index (χ2n) is 22.7. The van der Waals surface area contributed by atoms with Crippen molar-refractivity contribution in [2.24, 2.45) is 10.8 Å². The Labute approximate surface area is 419 Å². The molecule has 2 unspecified atom stereocenters. The number of fused-ring (bicyclic) bond motifs is 4. The van der Waals surface area contributed by atoms with E-state index in [4.69, 9.17) is 0 Å². The summed E-state index contributed by atoms with van der Waals surface area (Å²) in [6, 6.07) is 46.3. The van der Waals surface area contributed by atoms with Gasteiger partial charge in [-0.3, -0.25) is 0 Å². The van der Waals surface area contributed by atoms with E-state index in [0.29, 0.717) is 0 Å². The average molecular weight is 1040 g/mol. The molecule has 6 aromatic carbocycles. The molecule has 0 spiro atoms. The molecule has 4 aliphatic carbocycles.